The van der Waals surface area contributed by atoms with Crippen LogP contribution in [-0.2, 0) is 13.0 Å². The van der Waals surface area contributed by atoms with Crippen molar-refractivity contribution in [1.29, 1.82) is 0 Å². The van der Waals surface area contributed by atoms with E-state index in [4.69, 9.17) is 0 Å². The van der Waals surface area contributed by atoms with Gasteiger partial charge in [0.25, 0.3) is 0 Å². The van der Waals surface area contributed by atoms with Crippen molar-refractivity contribution in [2.75, 3.05) is 13.1 Å². The second-order valence-corrected chi connectivity index (χ2v) is 6.10. The van der Waals surface area contributed by atoms with Gasteiger partial charge in [-0.2, -0.15) is 5.10 Å². The number of hydrogen-bond donors (Lipinski definition) is 1. The Bertz CT molecular complexity index is 749. The van der Waals surface area contributed by atoms with Gasteiger partial charge in [0.1, 0.15) is 18.2 Å². The summed E-state index contributed by atoms with van der Waals surface area (Å²) in [5.41, 5.74) is 1.98. The largest absolute Gasteiger partial charge is 0.390 e. The first kappa shape index (κ1) is 16.5. The van der Waals surface area contributed by atoms with Crippen molar-refractivity contribution in [2.24, 2.45) is 0 Å². The third-order valence-corrected chi connectivity index (χ3v) is 4.45. The molecule has 1 aromatic carbocycles. The van der Waals surface area contributed by atoms with E-state index in [0.717, 1.165) is 30.3 Å². The summed E-state index contributed by atoms with van der Waals surface area (Å²) in [7, 11) is 0. The summed E-state index contributed by atoms with van der Waals surface area (Å²) in [6.45, 7) is 3.33. The average molecular weight is 334 g/mol. The highest BCUT2D eigenvalue weighted by atomic mass is 19.1. The van der Waals surface area contributed by atoms with Gasteiger partial charge in [0, 0.05) is 19.1 Å². The van der Waals surface area contributed by atoms with Gasteiger partial charge < -0.3 is 5.11 Å². The Morgan fingerprint density at radius 2 is 2.29 bits per heavy atom. The lowest BCUT2D eigenvalue weighted by molar-refractivity contribution is -0.385. The van der Waals surface area contributed by atoms with Gasteiger partial charge in [-0.15, -0.1) is 0 Å². The quantitative estimate of drug-likeness (QED) is 0.667. The second-order valence-electron chi connectivity index (χ2n) is 6.10. The van der Waals surface area contributed by atoms with E-state index in [1.807, 2.05) is 13.0 Å². The number of aliphatic hydroxyl groups is 1. The number of nitrogens with zero attached hydrogens (tertiary/aromatic N) is 4. The minimum absolute atomic E-state index is 0.00561. The molecule has 0 spiro atoms. The van der Waals surface area contributed by atoms with E-state index < -0.39 is 11.0 Å². The van der Waals surface area contributed by atoms with Crippen molar-refractivity contribution in [3.05, 3.63) is 57.7 Å². The third kappa shape index (κ3) is 3.44. The Balaban J connectivity index is 1.64. The Morgan fingerprint density at radius 1 is 1.50 bits per heavy atom. The highest BCUT2D eigenvalue weighted by molar-refractivity contribution is 5.32. The van der Waals surface area contributed by atoms with Crippen molar-refractivity contribution < 1.29 is 14.4 Å². The Morgan fingerprint density at radius 3 is 3.00 bits per heavy atom. The highest BCUT2D eigenvalue weighted by Crippen LogP contribution is 2.30. The zero-order valence-electron chi connectivity index (χ0n) is 13.3. The van der Waals surface area contributed by atoms with Crippen LogP contribution in [0.25, 0.3) is 0 Å². The number of fused-ring (bicyclic) bond motifs is 1. The third-order valence-electron chi connectivity index (χ3n) is 4.45. The first-order valence-electron chi connectivity index (χ1n) is 7.81. The predicted octanol–water partition coefficient (Wildman–Crippen LogP) is 1.91. The SMILES string of the molecule is C[C@H]1c2cc(F)ccc2CCN1C[C@H](O)Cn1cc([N+](=O)[O-])cn1. The molecule has 0 amide bonds. The van der Waals surface area contributed by atoms with Crippen LogP contribution in [0.15, 0.2) is 30.6 Å². The molecule has 128 valence electrons. The van der Waals surface area contributed by atoms with Crippen LogP contribution < -0.4 is 0 Å². The van der Waals surface area contributed by atoms with Gasteiger partial charge in [-0.25, -0.2) is 4.39 Å². The van der Waals surface area contributed by atoms with Crippen LogP contribution >= 0.6 is 0 Å². The smallest absolute Gasteiger partial charge is 0.306 e. The lowest BCUT2D eigenvalue weighted by atomic mass is 9.93. The molecule has 1 aliphatic rings. The minimum atomic E-state index is -0.720. The molecule has 0 bridgehead atoms. The molecule has 3 rings (SSSR count). The standard InChI is InChI=1S/C16H19FN4O3/c1-11-16-6-13(17)3-2-12(16)4-5-19(11)9-15(22)10-20-8-14(7-18-20)21(23)24/h2-3,6-8,11,15,22H,4-5,9-10H2,1H3/t11-,15-/m0/s1. The summed E-state index contributed by atoms with van der Waals surface area (Å²) in [5, 5.41) is 24.8. The van der Waals surface area contributed by atoms with E-state index in [1.54, 1.807) is 6.07 Å². The summed E-state index contributed by atoms with van der Waals surface area (Å²) >= 11 is 0. The van der Waals surface area contributed by atoms with Crippen molar-refractivity contribution in [3.63, 3.8) is 0 Å². The normalized spacial score (nSPS) is 19.0. The first-order chi connectivity index (χ1) is 11.4. The van der Waals surface area contributed by atoms with Crippen LogP contribution in [0.3, 0.4) is 0 Å². The highest BCUT2D eigenvalue weighted by Gasteiger charge is 2.26. The molecule has 0 unspecified atom stereocenters. The maximum absolute atomic E-state index is 13.5. The monoisotopic (exact) mass is 334 g/mol. The minimum Gasteiger partial charge on any atom is -0.390 e. The molecular formula is C16H19FN4O3. The molecule has 2 heterocycles. The summed E-state index contributed by atoms with van der Waals surface area (Å²) < 4.78 is 14.8. The molecule has 1 aliphatic heterocycles. The second kappa shape index (κ2) is 6.66. The molecule has 1 aromatic heterocycles. The predicted molar refractivity (Wildman–Crippen MR) is 85.0 cm³/mol. The maximum Gasteiger partial charge on any atom is 0.306 e. The molecule has 2 atom stereocenters. The van der Waals surface area contributed by atoms with E-state index in [2.05, 4.69) is 10.00 Å². The van der Waals surface area contributed by atoms with Gasteiger partial charge in [0.2, 0.25) is 0 Å². The van der Waals surface area contributed by atoms with Crippen molar-refractivity contribution in [1.82, 2.24) is 14.7 Å². The molecule has 24 heavy (non-hydrogen) atoms. The van der Waals surface area contributed by atoms with Crippen LogP contribution in [-0.4, -0.2) is 43.9 Å². The number of hydrogen-bond acceptors (Lipinski definition) is 5. The lowest BCUT2D eigenvalue weighted by Gasteiger charge is -2.36. The van der Waals surface area contributed by atoms with Crippen molar-refractivity contribution in [3.8, 4) is 0 Å². The molecule has 7 nitrogen and oxygen atoms in total. The van der Waals surface area contributed by atoms with Gasteiger partial charge in [0.15, 0.2) is 0 Å². The van der Waals surface area contributed by atoms with E-state index in [9.17, 15) is 19.6 Å². The number of benzene rings is 1. The molecule has 0 fully saturated rings. The summed E-state index contributed by atoms with van der Waals surface area (Å²) in [6.07, 6.45) is 2.55. The number of nitro groups is 1. The van der Waals surface area contributed by atoms with Gasteiger partial charge in [-0.3, -0.25) is 19.7 Å². The first-order valence-corrected chi connectivity index (χ1v) is 7.81. The zero-order valence-corrected chi connectivity index (χ0v) is 13.3. The van der Waals surface area contributed by atoms with E-state index in [-0.39, 0.29) is 24.1 Å². The van der Waals surface area contributed by atoms with Gasteiger partial charge >= 0.3 is 5.69 Å². The number of β-amino-alcohol motifs (C(OH)–C–C–N with tert-alkyl or cyclic N) is 1. The maximum atomic E-state index is 13.5. The summed E-state index contributed by atoms with van der Waals surface area (Å²) in [6, 6.07) is 4.85. The Hall–Kier alpha value is -2.32. The van der Waals surface area contributed by atoms with Crippen LogP contribution in [0.2, 0.25) is 0 Å². The molecular weight excluding hydrogens is 315 g/mol. The van der Waals surface area contributed by atoms with E-state index >= 15 is 0 Å². The number of halogens is 1. The Kier molecular flexibility index (Phi) is 4.59. The van der Waals surface area contributed by atoms with Gasteiger partial charge in [-0.05, 0) is 36.6 Å². The molecule has 0 radical (unpaired) electrons. The molecule has 2 aromatic rings. The summed E-state index contributed by atoms with van der Waals surface area (Å²) in [5.74, 6) is -0.258. The van der Waals surface area contributed by atoms with Crippen molar-refractivity contribution >= 4 is 5.69 Å². The number of aliphatic hydroxyl groups excluding tert-OH is 1. The van der Waals surface area contributed by atoms with Crippen LogP contribution in [0.1, 0.15) is 24.1 Å². The fourth-order valence-electron chi connectivity index (χ4n) is 3.18. The molecule has 0 saturated carbocycles. The van der Waals surface area contributed by atoms with E-state index in [1.165, 1.54) is 16.9 Å². The van der Waals surface area contributed by atoms with Crippen LogP contribution in [0.5, 0.6) is 0 Å². The topological polar surface area (TPSA) is 84.4 Å². The average Bonchev–Trinajstić information content (AvgIpc) is 2.99. The Labute approximate surface area is 138 Å². The molecule has 1 N–H and O–H groups in total. The zero-order chi connectivity index (χ0) is 17.3. The fraction of sp³-hybridized carbons (Fsp3) is 0.438. The number of aromatic nitrogens is 2. The summed E-state index contributed by atoms with van der Waals surface area (Å²) in [4.78, 5) is 12.2. The van der Waals surface area contributed by atoms with Gasteiger partial charge in [0.05, 0.1) is 17.6 Å². The fourth-order valence-corrected chi connectivity index (χ4v) is 3.18. The van der Waals surface area contributed by atoms with E-state index in [0.29, 0.717) is 6.54 Å². The molecule has 0 aliphatic carbocycles. The lowest BCUT2D eigenvalue weighted by Crippen LogP contribution is -2.40. The molecule has 8 heteroatoms. The van der Waals surface area contributed by atoms with Crippen molar-refractivity contribution in [2.45, 2.75) is 32.0 Å². The van der Waals surface area contributed by atoms with Crippen LogP contribution in [0, 0.1) is 15.9 Å². The van der Waals surface area contributed by atoms with Gasteiger partial charge in [-0.1, -0.05) is 6.07 Å². The van der Waals surface area contributed by atoms with Crippen LogP contribution in [0.4, 0.5) is 10.1 Å². The molecule has 0 saturated heterocycles. The number of rotatable bonds is 5.